The average Bonchev–Trinajstić information content (AvgIpc) is 2.57. The standard InChI is InChI=1S/C17H15Br2NO5/c1-8(20-7-9-4-11(21)16(24)12(22)5-9)2-3-10-6-13(23)17(25)15(19)14(10)18/h2-6,20-25H,1,7H2/b3-2+. The summed E-state index contributed by atoms with van der Waals surface area (Å²) in [5.41, 5.74) is 1.70. The van der Waals surface area contributed by atoms with E-state index in [1.807, 2.05) is 0 Å². The van der Waals surface area contributed by atoms with Gasteiger partial charge in [-0.3, -0.25) is 0 Å². The number of nitrogens with one attached hydrogen (secondary N) is 1. The highest BCUT2D eigenvalue weighted by molar-refractivity contribution is 9.13. The van der Waals surface area contributed by atoms with E-state index in [0.717, 1.165) is 0 Å². The van der Waals surface area contributed by atoms with Gasteiger partial charge in [0.1, 0.15) is 0 Å². The molecule has 0 aliphatic heterocycles. The van der Waals surface area contributed by atoms with Gasteiger partial charge in [0.15, 0.2) is 28.7 Å². The summed E-state index contributed by atoms with van der Waals surface area (Å²) in [5, 5.41) is 50.5. The topological polar surface area (TPSA) is 113 Å². The quantitative estimate of drug-likeness (QED) is 0.289. The number of rotatable bonds is 5. The molecule has 2 aromatic carbocycles. The van der Waals surface area contributed by atoms with Gasteiger partial charge < -0.3 is 30.8 Å². The Bertz CT molecular complexity index is 842. The van der Waals surface area contributed by atoms with Crippen LogP contribution in [0.2, 0.25) is 0 Å². The molecule has 132 valence electrons. The van der Waals surface area contributed by atoms with Crippen molar-refractivity contribution in [3.63, 3.8) is 0 Å². The molecular weight excluding hydrogens is 458 g/mol. The fourth-order valence-corrected chi connectivity index (χ4v) is 2.84. The predicted octanol–water partition coefficient (Wildman–Crippen LogP) is 4.06. The average molecular weight is 473 g/mol. The minimum Gasteiger partial charge on any atom is -0.504 e. The molecular formula is C17H15Br2NO5. The van der Waals surface area contributed by atoms with E-state index < -0.39 is 17.2 Å². The lowest BCUT2D eigenvalue weighted by molar-refractivity contribution is 0.367. The van der Waals surface area contributed by atoms with Crippen molar-refractivity contribution in [3.05, 3.63) is 56.6 Å². The first-order valence-electron chi connectivity index (χ1n) is 6.95. The molecule has 0 amide bonds. The Hall–Kier alpha value is -2.32. The van der Waals surface area contributed by atoms with Gasteiger partial charge in [-0.05, 0) is 67.3 Å². The van der Waals surface area contributed by atoms with Crippen LogP contribution in [-0.2, 0) is 6.54 Å². The third-order valence-corrected chi connectivity index (χ3v) is 5.46. The van der Waals surface area contributed by atoms with Crippen molar-refractivity contribution in [1.29, 1.82) is 0 Å². The second-order valence-electron chi connectivity index (χ2n) is 5.16. The predicted molar refractivity (Wildman–Crippen MR) is 102 cm³/mol. The summed E-state index contributed by atoms with van der Waals surface area (Å²) in [5.74, 6) is -1.90. The second-order valence-corrected chi connectivity index (χ2v) is 6.74. The molecule has 0 bridgehead atoms. The Balaban J connectivity index is 2.07. The number of hydrogen-bond donors (Lipinski definition) is 6. The summed E-state index contributed by atoms with van der Waals surface area (Å²) in [4.78, 5) is 0. The number of phenolic OH excluding ortho intramolecular Hbond substituents is 5. The Labute approximate surface area is 160 Å². The van der Waals surface area contributed by atoms with Gasteiger partial charge in [-0.1, -0.05) is 12.7 Å². The lowest BCUT2D eigenvalue weighted by Gasteiger charge is -2.09. The van der Waals surface area contributed by atoms with E-state index in [1.165, 1.54) is 18.2 Å². The van der Waals surface area contributed by atoms with Gasteiger partial charge >= 0.3 is 0 Å². The van der Waals surface area contributed by atoms with Crippen LogP contribution in [-0.4, -0.2) is 25.5 Å². The Morgan fingerprint density at radius 3 is 2.08 bits per heavy atom. The van der Waals surface area contributed by atoms with Gasteiger partial charge in [0.2, 0.25) is 0 Å². The van der Waals surface area contributed by atoms with Gasteiger partial charge in [-0.25, -0.2) is 0 Å². The van der Waals surface area contributed by atoms with Crippen LogP contribution in [0.15, 0.2) is 45.5 Å². The van der Waals surface area contributed by atoms with Crippen molar-refractivity contribution in [2.45, 2.75) is 6.54 Å². The van der Waals surface area contributed by atoms with Crippen LogP contribution < -0.4 is 5.32 Å². The summed E-state index contributed by atoms with van der Waals surface area (Å²) in [7, 11) is 0. The normalized spacial score (nSPS) is 11.0. The minimum absolute atomic E-state index is 0.257. The van der Waals surface area contributed by atoms with Crippen LogP contribution in [0.25, 0.3) is 6.08 Å². The smallest absolute Gasteiger partial charge is 0.200 e. The van der Waals surface area contributed by atoms with Gasteiger partial charge in [0.05, 0.1) is 4.47 Å². The molecule has 6 N–H and O–H groups in total. The van der Waals surface area contributed by atoms with Gasteiger partial charge in [-0.2, -0.15) is 0 Å². The number of hydrogen-bond acceptors (Lipinski definition) is 6. The van der Waals surface area contributed by atoms with E-state index in [9.17, 15) is 25.5 Å². The fourth-order valence-electron chi connectivity index (χ4n) is 1.97. The fraction of sp³-hybridized carbons (Fsp3) is 0.0588. The molecule has 0 aliphatic rings. The van der Waals surface area contributed by atoms with Crippen LogP contribution in [0.3, 0.4) is 0 Å². The van der Waals surface area contributed by atoms with Crippen LogP contribution in [0.4, 0.5) is 0 Å². The maximum absolute atomic E-state index is 9.66. The highest BCUT2D eigenvalue weighted by Gasteiger charge is 2.12. The second kappa shape index (κ2) is 7.71. The highest BCUT2D eigenvalue weighted by Crippen LogP contribution is 2.41. The number of halogens is 2. The molecule has 2 aromatic rings. The highest BCUT2D eigenvalue weighted by atomic mass is 79.9. The zero-order valence-electron chi connectivity index (χ0n) is 12.8. The molecule has 0 fully saturated rings. The first-order valence-corrected chi connectivity index (χ1v) is 8.54. The zero-order valence-corrected chi connectivity index (χ0v) is 16.0. The molecule has 0 atom stereocenters. The summed E-state index contributed by atoms with van der Waals surface area (Å²) in [6.07, 6.45) is 3.33. The van der Waals surface area contributed by atoms with Gasteiger partial charge in [-0.15, -0.1) is 0 Å². The van der Waals surface area contributed by atoms with Crippen molar-refractivity contribution in [2.24, 2.45) is 0 Å². The molecule has 0 unspecified atom stereocenters. The maximum Gasteiger partial charge on any atom is 0.200 e. The summed E-state index contributed by atoms with van der Waals surface area (Å²) < 4.78 is 0.904. The minimum atomic E-state index is -0.565. The Kier molecular flexibility index (Phi) is 5.86. The van der Waals surface area contributed by atoms with Crippen molar-refractivity contribution in [2.75, 3.05) is 0 Å². The van der Waals surface area contributed by atoms with Gasteiger partial charge in [0.25, 0.3) is 0 Å². The number of aromatic hydroxyl groups is 5. The molecule has 6 nitrogen and oxygen atoms in total. The van der Waals surface area contributed by atoms with Crippen LogP contribution >= 0.6 is 31.9 Å². The lowest BCUT2D eigenvalue weighted by atomic mass is 10.1. The largest absolute Gasteiger partial charge is 0.504 e. The van der Waals surface area contributed by atoms with E-state index in [2.05, 4.69) is 43.8 Å². The van der Waals surface area contributed by atoms with Gasteiger partial charge in [0, 0.05) is 16.7 Å². The third kappa shape index (κ3) is 4.40. The number of benzene rings is 2. The molecule has 0 saturated carbocycles. The van der Waals surface area contributed by atoms with Crippen LogP contribution in [0.1, 0.15) is 11.1 Å². The molecule has 0 radical (unpaired) electrons. The molecule has 8 heteroatoms. The zero-order chi connectivity index (χ0) is 18.7. The summed E-state index contributed by atoms with van der Waals surface area (Å²) in [6.45, 7) is 4.09. The van der Waals surface area contributed by atoms with Crippen molar-refractivity contribution in [3.8, 4) is 28.7 Å². The van der Waals surface area contributed by atoms with E-state index in [-0.39, 0.29) is 18.0 Å². The number of phenols is 5. The van der Waals surface area contributed by atoms with Crippen LogP contribution in [0.5, 0.6) is 28.7 Å². The molecule has 0 aromatic heterocycles. The van der Waals surface area contributed by atoms with Crippen LogP contribution in [0, 0.1) is 0 Å². The maximum atomic E-state index is 9.66. The molecule has 2 rings (SSSR count). The SMILES string of the molecule is C=C(/C=C/c1cc(O)c(O)c(Br)c1Br)NCc1cc(O)c(O)c(O)c1. The monoisotopic (exact) mass is 471 g/mol. The molecule has 0 aliphatic carbocycles. The Morgan fingerprint density at radius 2 is 1.48 bits per heavy atom. The van der Waals surface area contributed by atoms with Crippen molar-refractivity contribution < 1.29 is 25.5 Å². The third-order valence-electron chi connectivity index (χ3n) is 3.30. The van der Waals surface area contributed by atoms with E-state index >= 15 is 0 Å². The molecule has 0 saturated heterocycles. The number of allylic oxidation sites excluding steroid dienone is 1. The summed E-state index contributed by atoms with van der Waals surface area (Å²) >= 11 is 6.49. The van der Waals surface area contributed by atoms with Crippen molar-refractivity contribution >= 4 is 37.9 Å². The first-order chi connectivity index (χ1) is 11.7. The Morgan fingerprint density at radius 1 is 0.920 bits per heavy atom. The van der Waals surface area contributed by atoms with E-state index in [0.29, 0.717) is 25.8 Å². The van der Waals surface area contributed by atoms with E-state index in [4.69, 9.17) is 0 Å². The molecule has 0 spiro atoms. The lowest BCUT2D eigenvalue weighted by Crippen LogP contribution is -2.10. The van der Waals surface area contributed by atoms with Crippen molar-refractivity contribution in [1.82, 2.24) is 5.32 Å². The van der Waals surface area contributed by atoms with E-state index in [1.54, 1.807) is 12.2 Å². The summed E-state index contributed by atoms with van der Waals surface area (Å²) in [6, 6.07) is 4.04. The molecule has 0 heterocycles. The first kappa shape index (κ1) is 19.0. The molecule has 25 heavy (non-hydrogen) atoms.